The van der Waals surface area contributed by atoms with Gasteiger partial charge in [0.25, 0.3) is 0 Å². The molecule has 0 fully saturated rings. The summed E-state index contributed by atoms with van der Waals surface area (Å²) in [7, 11) is 0. The standard InChI is InChI=1S/C18H19NO4/c1-13(18(22)23-16-10-6-5-9-15(16)20)12-19-17(21)11-14-7-3-2-4-8-14/h2-10,13,20H,11-12H2,1H3,(H,19,21). The second kappa shape index (κ2) is 7.98. The number of phenols is 1. The van der Waals surface area contributed by atoms with Crippen molar-refractivity contribution in [3.63, 3.8) is 0 Å². The first-order valence-electron chi connectivity index (χ1n) is 7.36. The van der Waals surface area contributed by atoms with E-state index in [2.05, 4.69) is 5.32 Å². The normalized spacial score (nSPS) is 11.5. The van der Waals surface area contributed by atoms with E-state index in [-0.39, 0.29) is 30.4 Å². The van der Waals surface area contributed by atoms with Crippen LogP contribution in [-0.2, 0) is 16.0 Å². The number of aromatic hydroxyl groups is 1. The molecule has 0 saturated heterocycles. The van der Waals surface area contributed by atoms with Crippen molar-refractivity contribution in [2.24, 2.45) is 5.92 Å². The molecule has 5 nitrogen and oxygen atoms in total. The highest BCUT2D eigenvalue weighted by Crippen LogP contribution is 2.25. The van der Waals surface area contributed by atoms with Crippen molar-refractivity contribution in [1.82, 2.24) is 5.32 Å². The number of hydrogen-bond acceptors (Lipinski definition) is 4. The second-order valence-electron chi connectivity index (χ2n) is 5.26. The molecule has 2 rings (SSSR count). The molecule has 0 spiro atoms. The molecule has 0 heterocycles. The van der Waals surface area contributed by atoms with Gasteiger partial charge in [0.15, 0.2) is 11.5 Å². The summed E-state index contributed by atoms with van der Waals surface area (Å²) >= 11 is 0. The van der Waals surface area contributed by atoms with Crippen LogP contribution in [0.4, 0.5) is 0 Å². The number of amides is 1. The first-order chi connectivity index (χ1) is 11.1. The molecule has 1 atom stereocenters. The first-order valence-corrected chi connectivity index (χ1v) is 7.36. The molecule has 2 aromatic carbocycles. The van der Waals surface area contributed by atoms with Crippen LogP contribution in [0.25, 0.3) is 0 Å². The van der Waals surface area contributed by atoms with Crippen LogP contribution in [0.2, 0.25) is 0 Å². The monoisotopic (exact) mass is 313 g/mol. The van der Waals surface area contributed by atoms with E-state index in [1.54, 1.807) is 19.1 Å². The summed E-state index contributed by atoms with van der Waals surface area (Å²) in [4.78, 5) is 23.8. The predicted molar refractivity (Wildman–Crippen MR) is 86.1 cm³/mol. The Morgan fingerprint density at radius 3 is 2.43 bits per heavy atom. The maximum atomic E-state index is 12.0. The third kappa shape index (κ3) is 5.14. The van der Waals surface area contributed by atoms with E-state index in [9.17, 15) is 14.7 Å². The molecule has 0 aromatic heterocycles. The summed E-state index contributed by atoms with van der Waals surface area (Å²) in [6.07, 6.45) is 0.266. The number of para-hydroxylation sites is 2. The number of hydrogen-bond donors (Lipinski definition) is 2. The highest BCUT2D eigenvalue weighted by atomic mass is 16.5. The Morgan fingerprint density at radius 2 is 1.74 bits per heavy atom. The van der Waals surface area contributed by atoms with E-state index >= 15 is 0 Å². The summed E-state index contributed by atoms with van der Waals surface area (Å²) in [5.74, 6) is -1.17. The zero-order valence-corrected chi connectivity index (χ0v) is 12.9. The van der Waals surface area contributed by atoms with Gasteiger partial charge in [-0.05, 0) is 17.7 Å². The zero-order valence-electron chi connectivity index (χ0n) is 12.9. The van der Waals surface area contributed by atoms with Gasteiger partial charge in [-0.25, -0.2) is 0 Å². The maximum Gasteiger partial charge on any atom is 0.315 e. The van der Waals surface area contributed by atoms with Gasteiger partial charge in [0.1, 0.15) is 0 Å². The highest BCUT2D eigenvalue weighted by Gasteiger charge is 2.17. The van der Waals surface area contributed by atoms with Crippen LogP contribution in [0.1, 0.15) is 12.5 Å². The van der Waals surface area contributed by atoms with Gasteiger partial charge < -0.3 is 15.2 Å². The molecule has 0 saturated carbocycles. The Hall–Kier alpha value is -2.82. The number of ether oxygens (including phenoxy) is 1. The molecule has 1 amide bonds. The van der Waals surface area contributed by atoms with Gasteiger partial charge in [-0.15, -0.1) is 0 Å². The minimum Gasteiger partial charge on any atom is -0.504 e. The molecule has 23 heavy (non-hydrogen) atoms. The van der Waals surface area contributed by atoms with Crippen molar-refractivity contribution in [3.8, 4) is 11.5 Å². The first kappa shape index (κ1) is 16.5. The Balaban J connectivity index is 1.80. The molecule has 0 aliphatic carbocycles. The van der Waals surface area contributed by atoms with Crippen molar-refractivity contribution in [2.75, 3.05) is 6.54 Å². The molecular formula is C18H19NO4. The van der Waals surface area contributed by atoms with Crippen LogP contribution in [-0.4, -0.2) is 23.5 Å². The molecule has 2 N–H and O–H groups in total. The number of carbonyl (C=O) groups excluding carboxylic acids is 2. The minimum atomic E-state index is -0.519. The van der Waals surface area contributed by atoms with E-state index in [1.807, 2.05) is 30.3 Å². The van der Waals surface area contributed by atoms with Crippen LogP contribution in [0.15, 0.2) is 54.6 Å². The molecular weight excluding hydrogens is 294 g/mol. The Bertz CT molecular complexity index is 670. The van der Waals surface area contributed by atoms with Crippen molar-refractivity contribution < 1.29 is 19.4 Å². The van der Waals surface area contributed by atoms with Crippen LogP contribution in [0, 0.1) is 5.92 Å². The summed E-state index contributed by atoms with van der Waals surface area (Å²) in [5.41, 5.74) is 0.912. The van der Waals surface area contributed by atoms with Crippen molar-refractivity contribution in [3.05, 3.63) is 60.2 Å². The van der Waals surface area contributed by atoms with Crippen LogP contribution >= 0.6 is 0 Å². The van der Waals surface area contributed by atoms with Gasteiger partial charge in [-0.3, -0.25) is 9.59 Å². The lowest BCUT2D eigenvalue weighted by atomic mass is 10.1. The molecule has 5 heteroatoms. The quantitative estimate of drug-likeness (QED) is 0.634. The lowest BCUT2D eigenvalue weighted by Crippen LogP contribution is -2.34. The predicted octanol–water partition coefficient (Wildman–Crippen LogP) is 2.29. The van der Waals surface area contributed by atoms with E-state index < -0.39 is 11.9 Å². The highest BCUT2D eigenvalue weighted by molar-refractivity contribution is 5.80. The molecule has 120 valence electrons. The number of phenolic OH excluding ortho intramolecular Hbond substituents is 1. The van der Waals surface area contributed by atoms with Gasteiger partial charge in [0, 0.05) is 6.54 Å². The van der Waals surface area contributed by atoms with E-state index in [0.717, 1.165) is 5.56 Å². The van der Waals surface area contributed by atoms with E-state index in [1.165, 1.54) is 12.1 Å². The fourth-order valence-corrected chi connectivity index (χ4v) is 1.95. The summed E-state index contributed by atoms with van der Waals surface area (Å²) in [6, 6.07) is 15.6. The minimum absolute atomic E-state index is 0.0961. The van der Waals surface area contributed by atoms with Gasteiger partial charge in [-0.1, -0.05) is 49.4 Å². The Morgan fingerprint density at radius 1 is 1.09 bits per heavy atom. The maximum absolute atomic E-state index is 12.0. The lowest BCUT2D eigenvalue weighted by Gasteiger charge is -2.13. The van der Waals surface area contributed by atoms with Crippen LogP contribution < -0.4 is 10.1 Å². The molecule has 0 bridgehead atoms. The van der Waals surface area contributed by atoms with Crippen molar-refractivity contribution >= 4 is 11.9 Å². The van der Waals surface area contributed by atoms with Gasteiger partial charge >= 0.3 is 5.97 Å². The Labute approximate surface area is 134 Å². The van der Waals surface area contributed by atoms with Crippen LogP contribution in [0.3, 0.4) is 0 Å². The molecule has 1 unspecified atom stereocenters. The van der Waals surface area contributed by atoms with Gasteiger partial charge in [0.05, 0.1) is 12.3 Å². The number of esters is 1. The number of benzene rings is 2. The fourth-order valence-electron chi connectivity index (χ4n) is 1.95. The fraction of sp³-hybridized carbons (Fsp3) is 0.222. The largest absolute Gasteiger partial charge is 0.504 e. The summed E-state index contributed by atoms with van der Waals surface area (Å²) in [5, 5.41) is 12.3. The van der Waals surface area contributed by atoms with Gasteiger partial charge in [0.2, 0.25) is 5.91 Å². The number of carbonyl (C=O) groups is 2. The van der Waals surface area contributed by atoms with E-state index in [0.29, 0.717) is 0 Å². The molecule has 0 aliphatic heterocycles. The average molecular weight is 313 g/mol. The molecule has 0 aliphatic rings. The Kier molecular flexibility index (Phi) is 5.74. The van der Waals surface area contributed by atoms with E-state index in [4.69, 9.17) is 4.74 Å². The van der Waals surface area contributed by atoms with Crippen molar-refractivity contribution in [1.29, 1.82) is 0 Å². The van der Waals surface area contributed by atoms with Crippen molar-refractivity contribution in [2.45, 2.75) is 13.3 Å². The average Bonchev–Trinajstić information content (AvgIpc) is 2.55. The third-order valence-electron chi connectivity index (χ3n) is 3.29. The smallest absolute Gasteiger partial charge is 0.315 e. The van der Waals surface area contributed by atoms with Crippen LogP contribution in [0.5, 0.6) is 11.5 Å². The lowest BCUT2D eigenvalue weighted by molar-refractivity contribution is -0.138. The van der Waals surface area contributed by atoms with Gasteiger partial charge in [-0.2, -0.15) is 0 Å². The zero-order chi connectivity index (χ0) is 16.7. The second-order valence-corrected chi connectivity index (χ2v) is 5.26. The number of rotatable bonds is 6. The number of nitrogens with one attached hydrogen (secondary N) is 1. The summed E-state index contributed by atoms with van der Waals surface area (Å²) < 4.78 is 5.12. The summed E-state index contributed by atoms with van der Waals surface area (Å²) in [6.45, 7) is 1.84. The topological polar surface area (TPSA) is 75.6 Å². The SMILES string of the molecule is CC(CNC(=O)Cc1ccccc1)C(=O)Oc1ccccc1O. The molecule has 2 aromatic rings. The molecule has 0 radical (unpaired) electrons. The third-order valence-corrected chi connectivity index (χ3v) is 3.29.